The van der Waals surface area contributed by atoms with Crippen molar-refractivity contribution in [2.75, 3.05) is 0 Å². The normalized spacial score (nSPS) is 17.1. The highest BCUT2D eigenvalue weighted by Gasteiger charge is 2.29. The summed E-state index contributed by atoms with van der Waals surface area (Å²) < 4.78 is 0. The van der Waals surface area contributed by atoms with Crippen molar-refractivity contribution in [3.05, 3.63) is 112 Å². The van der Waals surface area contributed by atoms with Gasteiger partial charge in [-0.2, -0.15) is 0 Å². The van der Waals surface area contributed by atoms with Crippen molar-refractivity contribution in [2.24, 2.45) is 0 Å². The molecule has 126 valence electrons. The molecule has 0 spiro atoms. The standard InChI is InChI=1S/C26H22/c1-2-18-13-15-20(16-14-18)25-17-21-7-3-4-10-23(21)26(25)24-12-6-9-19-8-5-11-22(19)24/h3-7,9-17,26H,2,8H2,1H3. The first-order chi connectivity index (χ1) is 12.8. The molecule has 0 heterocycles. The minimum absolute atomic E-state index is 0.316. The fraction of sp³-hybridized carbons (Fsp3) is 0.154. The van der Waals surface area contributed by atoms with Crippen LogP contribution < -0.4 is 0 Å². The number of fused-ring (bicyclic) bond motifs is 2. The van der Waals surface area contributed by atoms with Crippen LogP contribution >= 0.6 is 0 Å². The van der Waals surface area contributed by atoms with Gasteiger partial charge in [0, 0.05) is 5.92 Å². The monoisotopic (exact) mass is 334 g/mol. The van der Waals surface area contributed by atoms with E-state index in [-0.39, 0.29) is 0 Å². The Morgan fingerprint density at radius 1 is 0.846 bits per heavy atom. The molecular formula is C26H22. The number of benzene rings is 3. The smallest absolute Gasteiger partial charge is 0.0358 e. The molecule has 1 atom stereocenters. The summed E-state index contributed by atoms with van der Waals surface area (Å²) in [4.78, 5) is 0. The van der Waals surface area contributed by atoms with Crippen LogP contribution in [0.3, 0.4) is 0 Å². The molecule has 3 aromatic rings. The van der Waals surface area contributed by atoms with E-state index in [0.717, 1.165) is 12.8 Å². The van der Waals surface area contributed by atoms with Crippen LogP contribution in [0.15, 0.2) is 72.8 Å². The van der Waals surface area contributed by atoms with Gasteiger partial charge in [-0.3, -0.25) is 0 Å². The average molecular weight is 334 g/mol. The third-order valence-corrected chi connectivity index (χ3v) is 5.79. The molecule has 0 heteroatoms. The van der Waals surface area contributed by atoms with Crippen LogP contribution in [-0.2, 0) is 12.8 Å². The maximum absolute atomic E-state index is 2.39. The summed E-state index contributed by atoms with van der Waals surface area (Å²) in [5, 5.41) is 0. The van der Waals surface area contributed by atoms with Gasteiger partial charge >= 0.3 is 0 Å². The number of hydrogen-bond acceptors (Lipinski definition) is 0. The zero-order chi connectivity index (χ0) is 17.5. The van der Waals surface area contributed by atoms with Gasteiger partial charge in [0.15, 0.2) is 0 Å². The van der Waals surface area contributed by atoms with Crippen LogP contribution in [-0.4, -0.2) is 0 Å². The second-order valence-corrected chi connectivity index (χ2v) is 7.24. The van der Waals surface area contributed by atoms with Crippen LogP contribution in [0.4, 0.5) is 0 Å². The molecule has 0 fully saturated rings. The molecule has 0 aromatic heterocycles. The van der Waals surface area contributed by atoms with E-state index in [4.69, 9.17) is 0 Å². The molecule has 2 aliphatic carbocycles. The molecule has 0 radical (unpaired) electrons. The molecule has 26 heavy (non-hydrogen) atoms. The van der Waals surface area contributed by atoms with Crippen LogP contribution in [0.2, 0.25) is 0 Å². The van der Waals surface area contributed by atoms with Crippen molar-refractivity contribution in [2.45, 2.75) is 25.7 Å². The van der Waals surface area contributed by atoms with Crippen molar-refractivity contribution in [3.8, 4) is 0 Å². The maximum atomic E-state index is 2.39. The van der Waals surface area contributed by atoms with E-state index in [1.807, 2.05) is 0 Å². The van der Waals surface area contributed by atoms with Crippen molar-refractivity contribution in [1.82, 2.24) is 0 Å². The lowest BCUT2D eigenvalue weighted by atomic mass is 9.82. The maximum Gasteiger partial charge on any atom is 0.0358 e. The number of hydrogen-bond donors (Lipinski definition) is 0. The van der Waals surface area contributed by atoms with E-state index >= 15 is 0 Å². The number of rotatable bonds is 3. The lowest BCUT2D eigenvalue weighted by molar-refractivity contribution is 1.05. The Kier molecular flexibility index (Phi) is 3.64. The molecule has 5 rings (SSSR count). The molecule has 3 aromatic carbocycles. The predicted molar refractivity (Wildman–Crippen MR) is 111 cm³/mol. The van der Waals surface area contributed by atoms with E-state index in [9.17, 15) is 0 Å². The fourth-order valence-electron chi connectivity index (χ4n) is 4.41. The summed E-state index contributed by atoms with van der Waals surface area (Å²) in [6, 6.07) is 24.8. The number of aryl methyl sites for hydroxylation is 1. The first-order valence-corrected chi connectivity index (χ1v) is 9.53. The molecule has 0 nitrogen and oxygen atoms in total. The van der Waals surface area contributed by atoms with E-state index in [1.165, 1.54) is 44.5 Å². The first-order valence-electron chi connectivity index (χ1n) is 9.53. The van der Waals surface area contributed by atoms with Gasteiger partial charge in [0.2, 0.25) is 0 Å². The van der Waals surface area contributed by atoms with E-state index in [1.54, 1.807) is 0 Å². The van der Waals surface area contributed by atoms with Crippen LogP contribution in [0, 0.1) is 0 Å². The summed E-state index contributed by atoms with van der Waals surface area (Å²) in [5.74, 6) is 0.316. The zero-order valence-electron chi connectivity index (χ0n) is 15.1. The summed E-state index contributed by atoms with van der Waals surface area (Å²) in [6.07, 6.45) is 9.12. The zero-order valence-corrected chi connectivity index (χ0v) is 15.1. The van der Waals surface area contributed by atoms with Gasteiger partial charge < -0.3 is 0 Å². The van der Waals surface area contributed by atoms with Gasteiger partial charge in [0.1, 0.15) is 0 Å². The average Bonchev–Trinajstić information content (AvgIpc) is 3.32. The van der Waals surface area contributed by atoms with Crippen molar-refractivity contribution < 1.29 is 0 Å². The molecule has 0 saturated heterocycles. The lowest BCUT2D eigenvalue weighted by Gasteiger charge is -2.21. The Morgan fingerprint density at radius 3 is 2.50 bits per heavy atom. The molecule has 0 bridgehead atoms. The van der Waals surface area contributed by atoms with Gasteiger partial charge in [-0.15, -0.1) is 0 Å². The van der Waals surface area contributed by atoms with Gasteiger partial charge in [0.25, 0.3) is 0 Å². The topological polar surface area (TPSA) is 0 Å². The molecule has 0 N–H and O–H groups in total. The van der Waals surface area contributed by atoms with E-state index in [2.05, 4.69) is 91.9 Å². The largest absolute Gasteiger partial charge is 0.0795 e. The summed E-state index contributed by atoms with van der Waals surface area (Å²) in [6.45, 7) is 2.21. The fourth-order valence-corrected chi connectivity index (χ4v) is 4.41. The molecule has 0 saturated carbocycles. The Bertz CT molecular complexity index is 1030. The Balaban J connectivity index is 1.69. The SMILES string of the molecule is CCc1ccc(C2=Cc3ccccc3C2c2cccc3c2C=CC3)cc1. The van der Waals surface area contributed by atoms with Gasteiger partial charge in [0.05, 0.1) is 0 Å². The predicted octanol–water partition coefficient (Wildman–Crippen LogP) is 6.50. The Hall–Kier alpha value is -2.86. The highest BCUT2D eigenvalue weighted by molar-refractivity contribution is 5.94. The first kappa shape index (κ1) is 15.4. The van der Waals surface area contributed by atoms with Gasteiger partial charge in [-0.1, -0.05) is 85.8 Å². The van der Waals surface area contributed by atoms with Crippen molar-refractivity contribution >= 4 is 17.7 Å². The summed E-state index contributed by atoms with van der Waals surface area (Å²) in [5.41, 5.74) is 11.2. The third kappa shape index (κ3) is 2.37. The molecular weight excluding hydrogens is 312 g/mol. The van der Waals surface area contributed by atoms with Gasteiger partial charge in [-0.05, 0) is 63.4 Å². The van der Waals surface area contributed by atoms with E-state index in [0.29, 0.717) is 5.92 Å². The van der Waals surface area contributed by atoms with Crippen LogP contribution in [0.25, 0.3) is 17.7 Å². The molecule has 1 unspecified atom stereocenters. The number of allylic oxidation sites excluding steroid dienone is 2. The van der Waals surface area contributed by atoms with Crippen LogP contribution in [0.5, 0.6) is 0 Å². The quantitative estimate of drug-likeness (QED) is 0.512. The Labute approximate surface area is 155 Å². The minimum atomic E-state index is 0.316. The van der Waals surface area contributed by atoms with Crippen LogP contribution in [0.1, 0.15) is 51.8 Å². The second kappa shape index (κ2) is 6.14. The third-order valence-electron chi connectivity index (χ3n) is 5.79. The van der Waals surface area contributed by atoms with Crippen molar-refractivity contribution in [3.63, 3.8) is 0 Å². The molecule has 0 aliphatic heterocycles. The van der Waals surface area contributed by atoms with E-state index < -0.39 is 0 Å². The highest BCUT2D eigenvalue weighted by Crippen LogP contribution is 2.47. The molecule has 0 amide bonds. The summed E-state index contributed by atoms with van der Waals surface area (Å²) >= 11 is 0. The van der Waals surface area contributed by atoms with Crippen molar-refractivity contribution in [1.29, 1.82) is 0 Å². The second-order valence-electron chi connectivity index (χ2n) is 7.24. The Morgan fingerprint density at radius 2 is 1.65 bits per heavy atom. The lowest BCUT2D eigenvalue weighted by Crippen LogP contribution is -2.04. The molecule has 2 aliphatic rings. The summed E-state index contributed by atoms with van der Waals surface area (Å²) in [7, 11) is 0. The van der Waals surface area contributed by atoms with Gasteiger partial charge in [-0.25, -0.2) is 0 Å². The minimum Gasteiger partial charge on any atom is -0.0795 e. The highest BCUT2D eigenvalue weighted by atomic mass is 14.3.